The smallest absolute Gasteiger partial charge is 0.0589 e. The topological polar surface area (TPSA) is 58.7 Å². The Bertz CT molecular complexity index is 74.8. The van der Waals surface area contributed by atoms with Crippen LogP contribution in [0.15, 0.2) is 0 Å². The van der Waals surface area contributed by atoms with Crippen molar-refractivity contribution >= 4 is 0 Å². The summed E-state index contributed by atoms with van der Waals surface area (Å²) in [6.45, 7) is 3.85. The summed E-state index contributed by atoms with van der Waals surface area (Å²) in [7, 11) is 1.67. The van der Waals surface area contributed by atoms with E-state index in [9.17, 15) is 0 Å². The molecule has 0 aliphatic carbocycles. The van der Waals surface area contributed by atoms with Crippen LogP contribution in [0.4, 0.5) is 0 Å². The van der Waals surface area contributed by atoms with E-state index in [1.54, 1.807) is 7.11 Å². The SMILES string of the molecule is COCCN(CCN)CCO. The second-order valence-electron chi connectivity index (χ2n) is 2.35. The molecule has 4 heteroatoms. The Kier molecular flexibility index (Phi) is 7.83. The van der Waals surface area contributed by atoms with Gasteiger partial charge in [-0.2, -0.15) is 0 Å². The van der Waals surface area contributed by atoms with E-state index in [4.69, 9.17) is 15.6 Å². The van der Waals surface area contributed by atoms with E-state index in [1.807, 2.05) is 0 Å². The summed E-state index contributed by atoms with van der Waals surface area (Å²) in [5.74, 6) is 0. The maximum absolute atomic E-state index is 8.64. The highest BCUT2D eigenvalue weighted by Gasteiger charge is 2.00. The number of ether oxygens (including phenoxy) is 1. The minimum absolute atomic E-state index is 0.184. The molecule has 0 unspecified atom stereocenters. The minimum Gasteiger partial charge on any atom is -0.395 e. The summed E-state index contributed by atoms with van der Waals surface area (Å²) in [5.41, 5.74) is 5.37. The monoisotopic (exact) mass is 162 g/mol. The van der Waals surface area contributed by atoms with E-state index in [1.165, 1.54) is 0 Å². The van der Waals surface area contributed by atoms with Gasteiger partial charge in [0, 0.05) is 33.3 Å². The predicted octanol–water partition coefficient (Wildman–Crippen LogP) is -1.11. The number of hydrogen-bond acceptors (Lipinski definition) is 4. The highest BCUT2D eigenvalue weighted by atomic mass is 16.5. The second-order valence-corrected chi connectivity index (χ2v) is 2.35. The molecule has 0 aromatic rings. The molecule has 0 saturated heterocycles. The standard InChI is InChI=1S/C7H18N2O2/c1-11-7-5-9(3-2-8)4-6-10/h10H,2-8H2,1H3. The Morgan fingerprint density at radius 3 is 2.55 bits per heavy atom. The lowest BCUT2D eigenvalue weighted by Crippen LogP contribution is -2.34. The number of rotatable bonds is 7. The molecule has 0 aliphatic heterocycles. The third-order valence-corrected chi connectivity index (χ3v) is 1.47. The van der Waals surface area contributed by atoms with Crippen molar-refractivity contribution in [3.63, 3.8) is 0 Å². The largest absolute Gasteiger partial charge is 0.395 e. The van der Waals surface area contributed by atoms with Gasteiger partial charge in [0.05, 0.1) is 13.2 Å². The normalized spacial score (nSPS) is 10.9. The molecule has 0 saturated carbocycles. The van der Waals surface area contributed by atoms with Gasteiger partial charge in [0.15, 0.2) is 0 Å². The highest BCUT2D eigenvalue weighted by molar-refractivity contribution is 4.56. The summed E-state index contributed by atoms with van der Waals surface area (Å²) < 4.78 is 4.90. The van der Waals surface area contributed by atoms with Gasteiger partial charge in [-0.05, 0) is 0 Å². The molecule has 0 aromatic carbocycles. The minimum atomic E-state index is 0.184. The molecular weight excluding hydrogens is 144 g/mol. The van der Waals surface area contributed by atoms with Crippen molar-refractivity contribution in [1.82, 2.24) is 4.90 Å². The quantitative estimate of drug-likeness (QED) is 0.498. The van der Waals surface area contributed by atoms with Gasteiger partial charge >= 0.3 is 0 Å². The zero-order chi connectivity index (χ0) is 8.53. The average molecular weight is 162 g/mol. The molecule has 0 atom stereocenters. The Balaban J connectivity index is 3.34. The van der Waals surface area contributed by atoms with Gasteiger partial charge in [0.2, 0.25) is 0 Å². The zero-order valence-corrected chi connectivity index (χ0v) is 7.12. The lowest BCUT2D eigenvalue weighted by molar-refractivity contribution is 0.133. The van der Waals surface area contributed by atoms with Crippen molar-refractivity contribution in [3.8, 4) is 0 Å². The molecule has 0 aromatic heterocycles. The van der Waals surface area contributed by atoms with Crippen LogP contribution >= 0.6 is 0 Å². The zero-order valence-electron chi connectivity index (χ0n) is 7.12. The predicted molar refractivity (Wildman–Crippen MR) is 44.5 cm³/mol. The number of nitrogens with zero attached hydrogens (tertiary/aromatic N) is 1. The molecule has 3 N–H and O–H groups in total. The van der Waals surface area contributed by atoms with Crippen LogP contribution in [0.5, 0.6) is 0 Å². The number of nitrogens with two attached hydrogens (primary N) is 1. The fourth-order valence-electron chi connectivity index (χ4n) is 0.880. The van der Waals surface area contributed by atoms with E-state index in [2.05, 4.69) is 4.90 Å². The van der Waals surface area contributed by atoms with Crippen LogP contribution in [0.25, 0.3) is 0 Å². The fourth-order valence-corrected chi connectivity index (χ4v) is 0.880. The summed E-state index contributed by atoms with van der Waals surface area (Å²) in [5, 5.41) is 8.64. The Morgan fingerprint density at radius 2 is 2.09 bits per heavy atom. The van der Waals surface area contributed by atoms with Crippen molar-refractivity contribution in [3.05, 3.63) is 0 Å². The van der Waals surface area contributed by atoms with Crippen LogP contribution in [-0.2, 0) is 4.74 Å². The van der Waals surface area contributed by atoms with E-state index in [-0.39, 0.29) is 6.61 Å². The molecule has 0 heterocycles. The third kappa shape index (κ3) is 6.25. The van der Waals surface area contributed by atoms with Crippen molar-refractivity contribution in [1.29, 1.82) is 0 Å². The first kappa shape index (κ1) is 10.8. The van der Waals surface area contributed by atoms with Crippen molar-refractivity contribution < 1.29 is 9.84 Å². The van der Waals surface area contributed by atoms with Crippen molar-refractivity contribution in [2.45, 2.75) is 0 Å². The lowest BCUT2D eigenvalue weighted by atomic mass is 10.4. The average Bonchev–Trinajstić information content (AvgIpc) is 2.01. The first-order valence-corrected chi connectivity index (χ1v) is 3.87. The maximum atomic E-state index is 8.64. The van der Waals surface area contributed by atoms with Crippen LogP contribution in [0.3, 0.4) is 0 Å². The summed E-state index contributed by atoms with van der Waals surface area (Å²) >= 11 is 0. The molecule has 0 fully saturated rings. The van der Waals surface area contributed by atoms with Gasteiger partial charge in [-0.3, -0.25) is 4.90 Å². The molecule has 0 amide bonds. The summed E-state index contributed by atoms with van der Waals surface area (Å²) in [6.07, 6.45) is 0. The molecule has 68 valence electrons. The molecule has 11 heavy (non-hydrogen) atoms. The third-order valence-electron chi connectivity index (χ3n) is 1.47. The van der Waals surface area contributed by atoms with Gasteiger partial charge < -0.3 is 15.6 Å². The van der Waals surface area contributed by atoms with E-state index < -0.39 is 0 Å². The van der Waals surface area contributed by atoms with Crippen LogP contribution in [-0.4, -0.2) is 56.5 Å². The molecule has 4 nitrogen and oxygen atoms in total. The second kappa shape index (κ2) is 7.94. The molecule has 0 bridgehead atoms. The van der Waals surface area contributed by atoms with E-state index >= 15 is 0 Å². The Morgan fingerprint density at radius 1 is 1.36 bits per heavy atom. The fraction of sp³-hybridized carbons (Fsp3) is 1.00. The van der Waals surface area contributed by atoms with Gasteiger partial charge in [-0.1, -0.05) is 0 Å². The highest BCUT2D eigenvalue weighted by Crippen LogP contribution is 1.85. The van der Waals surface area contributed by atoms with E-state index in [0.29, 0.717) is 19.7 Å². The van der Waals surface area contributed by atoms with Gasteiger partial charge in [-0.15, -0.1) is 0 Å². The van der Waals surface area contributed by atoms with Gasteiger partial charge in [0.1, 0.15) is 0 Å². The molecule has 0 radical (unpaired) electrons. The van der Waals surface area contributed by atoms with Crippen LogP contribution in [0.2, 0.25) is 0 Å². The van der Waals surface area contributed by atoms with E-state index in [0.717, 1.165) is 13.1 Å². The maximum Gasteiger partial charge on any atom is 0.0589 e. The molecule has 0 aliphatic rings. The van der Waals surface area contributed by atoms with Gasteiger partial charge in [-0.25, -0.2) is 0 Å². The van der Waals surface area contributed by atoms with Crippen molar-refractivity contribution in [2.75, 3.05) is 46.5 Å². The first-order chi connectivity index (χ1) is 5.35. The summed E-state index contributed by atoms with van der Waals surface area (Å²) in [6, 6.07) is 0. The molecular formula is C7H18N2O2. The Labute approximate surface area is 67.9 Å². The molecule has 0 rings (SSSR count). The number of hydrogen-bond donors (Lipinski definition) is 2. The first-order valence-electron chi connectivity index (χ1n) is 3.87. The Hall–Kier alpha value is -0.160. The lowest BCUT2D eigenvalue weighted by Gasteiger charge is -2.19. The number of aliphatic hydroxyl groups excluding tert-OH is 1. The number of aliphatic hydroxyl groups is 1. The summed E-state index contributed by atoms with van der Waals surface area (Å²) in [4.78, 5) is 2.07. The number of methoxy groups -OCH3 is 1. The van der Waals surface area contributed by atoms with Crippen LogP contribution < -0.4 is 5.73 Å². The van der Waals surface area contributed by atoms with Gasteiger partial charge in [0.25, 0.3) is 0 Å². The van der Waals surface area contributed by atoms with Crippen LogP contribution in [0, 0.1) is 0 Å². The van der Waals surface area contributed by atoms with Crippen LogP contribution in [0.1, 0.15) is 0 Å². The van der Waals surface area contributed by atoms with Crippen molar-refractivity contribution in [2.24, 2.45) is 5.73 Å². The molecule has 0 spiro atoms.